The summed E-state index contributed by atoms with van der Waals surface area (Å²) in [7, 11) is 1.65. The van der Waals surface area contributed by atoms with E-state index < -0.39 is 0 Å². The molecule has 34 heavy (non-hydrogen) atoms. The van der Waals surface area contributed by atoms with Crippen molar-refractivity contribution >= 4 is 17.4 Å². The first-order valence-corrected chi connectivity index (χ1v) is 11.7. The molecule has 0 aliphatic carbocycles. The number of ether oxygens (including phenoxy) is 2. The van der Waals surface area contributed by atoms with Gasteiger partial charge in [0.25, 0.3) is 0 Å². The molecule has 1 fully saturated rings. The number of rotatable bonds is 3. The zero-order valence-corrected chi connectivity index (χ0v) is 19.7. The van der Waals surface area contributed by atoms with Gasteiger partial charge < -0.3 is 19.3 Å². The molecular formula is C28H29N3O3. The average Bonchev–Trinajstić information content (AvgIpc) is 3.19. The minimum absolute atomic E-state index is 0.171. The third kappa shape index (κ3) is 4.62. The van der Waals surface area contributed by atoms with Crippen molar-refractivity contribution in [3.05, 3.63) is 83.4 Å². The lowest BCUT2D eigenvalue weighted by molar-refractivity contribution is -0.130. The lowest BCUT2D eigenvalue weighted by Crippen LogP contribution is -2.38. The Kier molecular flexibility index (Phi) is 6.21. The van der Waals surface area contributed by atoms with Gasteiger partial charge in [0.2, 0.25) is 5.91 Å². The largest absolute Gasteiger partial charge is 0.497 e. The molecule has 0 aromatic heterocycles. The minimum atomic E-state index is 0.171. The van der Waals surface area contributed by atoms with E-state index in [4.69, 9.17) is 14.5 Å². The monoisotopic (exact) mass is 455 g/mol. The number of methoxy groups -OCH3 is 1. The van der Waals surface area contributed by atoms with Gasteiger partial charge in [-0.25, -0.2) is 4.99 Å². The highest BCUT2D eigenvalue weighted by atomic mass is 16.5. The Labute approximate surface area is 200 Å². The van der Waals surface area contributed by atoms with Crippen LogP contribution in [0.15, 0.2) is 71.7 Å². The number of carbonyl (C=O) groups is 1. The third-order valence-corrected chi connectivity index (χ3v) is 6.34. The highest BCUT2D eigenvalue weighted by molar-refractivity contribution is 6.04. The van der Waals surface area contributed by atoms with Crippen LogP contribution in [0.4, 0.5) is 5.69 Å². The number of hydrogen-bond acceptors (Lipinski definition) is 5. The normalized spacial score (nSPS) is 15.3. The van der Waals surface area contributed by atoms with Crippen molar-refractivity contribution in [2.24, 2.45) is 4.99 Å². The van der Waals surface area contributed by atoms with Crippen LogP contribution >= 0.6 is 0 Å². The van der Waals surface area contributed by atoms with Crippen LogP contribution in [0.1, 0.15) is 23.1 Å². The molecule has 0 saturated carbocycles. The van der Waals surface area contributed by atoms with Gasteiger partial charge in [-0.15, -0.1) is 0 Å². The van der Waals surface area contributed by atoms with E-state index in [-0.39, 0.29) is 5.91 Å². The number of benzene rings is 3. The van der Waals surface area contributed by atoms with E-state index in [1.807, 2.05) is 78.6 Å². The molecule has 2 aliphatic rings. The van der Waals surface area contributed by atoms with E-state index in [1.54, 1.807) is 7.11 Å². The maximum absolute atomic E-state index is 13.0. The summed E-state index contributed by atoms with van der Waals surface area (Å²) in [6.45, 7) is 4.99. The maximum atomic E-state index is 13.0. The Bertz CT molecular complexity index is 1220. The molecule has 0 bridgehead atoms. The van der Waals surface area contributed by atoms with E-state index in [0.717, 1.165) is 65.0 Å². The lowest BCUT2D eigenvalue weighted by Gasteiger charge is -2.25. The molecule has 1 saturated heterocycles. The van der Waals surface area contributed by atoms with E-state index in [0.29, 0.717) is 19.5 Å². The molecule has 0 N–H and O–H groups in total. The van der Waals surface area contributed by atoms with Crippen molar-refractivity contribution < 1.29 is 14.3 Å². The molecule has 0 spiro atoms. The molecule has 6 heteroatoms. The summed E-state index contributed by atoms with van der Waals surface area (Å²) in [6.07, 6.45) is 1.32. The highest BCUT2D eigenvalue weighted by Gasteiger charge is 2.26. The summed E-state index contributed by atoms with van der Waals surface area (Å²) in [4.78, 5) is 22.3. The number of aliphatic imine (C=N–C) groups is 1. The molecule has 5 rings (SSSR count). The molecule has 3 aromatic rings. The number of amides is 1. The predicted molar refractivity (Wildman–Crippen MR) is 133 cm³/mol. The number of nitrogens with zero attached hydrogens (tertiary/aromatic N) is 3. The molecule has 0 unspecified atom stereocenters. The van der Waals surface area contributed by atoms with Gasteiger partial charge in [0.15, 0.2) is 5.75 Å². The van der Waals surface area contributed by atoms with Crippen LogP contribution in [0.25, 0.3) is 0 Å². The highest BCUT2D eigenvalue weighted by Crippen LogP contribution is 2.40. The molecule has 174 valence electrons. The molecule has 0 atom stereocenters. The molecule has 0 radical (unpaired) electrons. The van der Waals surface area contributed by atoms with Crippen LogP contribution in [-0.4, -0.2) is 54.8 Å². The quantitative estimate of drug-likeness (QED) is 0.560. The van der Waals surface area contributed by atoms with Crippen LogP contribution in [-0.2, 0) is 11.2 Å². The number of carbonyl (C=O) groups excluding carboxylic acids is 1. The zero-order chi connectivity index (χ0) is 23.5. The second-order valence-electron chi connectivity index (χ2n) is 8.75. The molecule has 2 aliphatic heterocycles. The van der Waals surface area contributed by atoms with Gasteiger partial charge in [0.1, 0.15) is 23.0 Å². The van der Waals surface area contributed by atoms with Crippen molar-refractivity contribution in [1.29, 1.82) is 0 Å². The van der Waals surface area contributed by atoms with Crippen LogP contribution in [0.2, 0.25) is 0 Å². The maximum Gasteiger partial charge on any atom is 0.227 e. The van der Waals surface area contributed by atoms with Crippen LogP contribution < -0.4 is 9.47 Å². The summed E-state index contributed by atoms with van der Waals surface area (Å²) in [5.41, 5.74) is 3.90. The standard InChI is InChI=1S/C28H29N3O3/c1-20-9-12-24-26(17-20)34-25-19-22(33-2)10-11-23(25)28(29-24)31-14-6-13-30(15-16-31)27(32)18-21-7-4-3-5-8-21/h3-5,7-12,17,19H,6,13-16,18H2,1-2H3. The first-order chi connectivity index (χ1) is 16.6. The molecular weight excluding hydrogens is 426 g/mol. The fourth-order valence-electron chi connectivity index (χ4n) is 4.49. The van der Waals surface area contributed by atoms with Crippen LogP contribution in [0, 0.1) is 6.92 Å². The van der Waals surface area contributed by atoms with Gasteiger partial charge in [-0.2, -0.15) is 0 Å². The Morgan fingerprint density at radius 1 is 0.971 bits per heavy atom. The lowest BCUT2D eigenvalue weighted by atomic mass is 10.1. The Hall–Kier alpha value is -3.80. The predicted octanol–water partition coefficient (Wildman–Crippen LogP) is 4.96. The summed E-state index contributed by atoms with van der Waals surface area (Å²) in [5.74, 6) is 3.24. The first kappa shape index (κ1) is 22.0. The molecule has 2 heterocycles. The fourth-order valence-corrected chi connectivity index (χ4v) is 4.49. The van der Waals surface area contributed by atoms with Crippen LogP contribution in [0.3, 0.4) is 0 Å². The van der Waals surface area contributed by atoms with Gasteiger partial charge >= 0.3 is 0 Å². The van der Waals surface area contributed by atoms with Gasteiger partial charge in [-0.3, -0.25) is 4.79 Å². The average molecular weight is 456 g/mol. The van der Waals surface area contributed by atoms with E-state index in [9.17, 15) is 4.79 Å². The second kappa shape index (κ2) is 9.59. The number of hydrogen-bond donors (Lipinski definition) is 0. The van der Waals surface area contributed by atoms with Crippen LogP contribution in [0.5, 0.6) is 17.2 Å². The zero-order valence-electron chi connectivity index (χ0n) is 19.7. The van der Waals surface area contributed by atoms with Gasteiger partial charge in [0.05, 0.1) is 19.1 Å². The Morgan fingerprint density at radius 2 is 1.82 bits per heavy atom. The number of amidine groups is 1. The van der Waals surface area contributed by atoms with Crippen molar-refractivity contribution in [2.45, 2.75) is 19.8 Å². The smallest absolute Gasteiger partial charge is 0.227 e. The van der Waals surface area contributed by atoms with E-state index >= 15 is 0 Å². The Balaban J connectivity index is 1.42. The second-order valence-corrected chi connectivity index (χ2v) is 8.75. The molecule has 1 amide bonds. The summed E-state index contributed by atoms with van der Waals surface area (Å²) in [6, 6.07) is 21.9. The van der Waals surface area contributed by atoms with Crippen molar-refractivity contribution in [1.82, 2.24) is 9.80 Å². The van der Waals surface area contributed by atoms with Crippen molar-refractivity contribution in [2.75, 3.05) is 33.3 Å². The number of aryl methyl sites for hydroxylation is 1. The van der Waals surface area contributed by atoms with E-state index in [1.165, 1.54) is 0 Å². The number of fused-ring (bicyclic) bond motifs is 2. The Morgan fingerprint density at radius 3 is 2.65 bits per heavy atom. The minimum Gasteiger partial charge on any atom is -0.497 e. The topological polar surface area (TPSA) is 54.4 Å². The first-order valence-electron chi connectivity index (χ1n) is 11.7. The summed E-state index contributed by atoms with van der Waals surface area (Å²) in [5, 5.41) is 0. The summed E-state index contributed by atoms with van der Waals surface area (Å²) >= 11 is 0. The fraction of sp³-hybridized carbons (Fsp3) is 0.286. The van der Waals surface area contributed by atoms with Crippen molar-refractivity contribution in [3.8, 4) is 17.2 Å². The SMILES string of the molecule is COc1ccc2c(c1)Oc1cc(C)ccc1N=C2N1CCCN(C(=O)Cc2ccccc2)CC1. The van der Waals surface area contributed by atoms with Gasteiger partial charge in [-0.05, 0) is 48.7 Å². The summed E-state index contributed by atoms with van der Waals surface area (Å²) < 4.78 is 11.8. The molecule has 3 aromatic carbocycles. The van der Waals surface area contributed by atoms with Gasteiger partial charge in [-0.1, -0.05) is 36.4 Å². The van der Waals surface area contributed by atoms with Gasteiger partial charge in [0, 0.05) is 32.2 Å². The van der Waals surface area contributed by atoms with E-state index in [2.05, 4.69) is 4.90 Å². The molecule has 6 nitrogen and oxygen atoms in total. The third-order valence-electron chi connectivity index (χ3n) is 6.34. The van der Waals surface area contributed by atoms with Crippen molar-refractivity contribution in [3.63, 3.8) is 0 Å².